The van der Waals surface area contributed by atoms with Crippen LogP contribution in [0, 0.1) is 0 Å². The molecule has 0 saturated carbocycles. The first-order valence-corrected chi connectivity index (χ1v) is 11.9. The van der Waals surface area contributed by atoms with Crippen molar-refractivity contribution in [2.45, 2.75) is 13.1 Å². The van der Waals surface area contributed by atoms with Gasteiger partial charge in [-0.15, -0.1) is 0 Å². The molecule has 1 aliphatic rings. The van der Waals surface area contributed by atoms with Crippen LogP contribution in [0.15, 0.2) is 54.9 Å². The molecule has 2 heterocycles. The molecule has 1 amide bonds. The Balaban J connectivity index is 1.52. The van der Waals surface area contributed by atoms with Crippen molar-refractivity contribution in [1.82, 2.24) is 19.4 Å². The first-order chi connectivity index (χ1) is 16.0. The average molecular weight is 508 g/mol. The topological polar surface area (TPSA) is 50.6 Å². The van der Waals surface area contributed by atoms with E-state index in [1.807, 2.05) is 27.8 Å². The molecule has 174 valence electrons. The fourth-order valence-corrected chi connectivity index (χ4v) is 4.35. The molecule has 0 unspecified atom stereocenters. The molecule has 9 heteroatoms. The molecule has 3 aromatic rings. The second kappa shape index (κ2) is 11.4. The lowest BCUT2D eigenvalue weighted by molar-refractivity contribution is 0.0318. The number of amides is 1. The van der Waals surface area contributed by atoms with E-state index >= 15 is 0 Å². The zero-order chi connectivity index (χ0) is 23.2. The van der Waals surface area contributed by atoms with E-state index < -0.39 is 0 Å². The minimum atomic E-state index is -0.0565. The lowest BCUT2D eigenvalue weighted by atomic mass is 10.2. The summed E-state index contributed by atoms with van der Waals surface area (Å²) in [4.78, 5) is 22.1. The number of nitrogens with zero attached hydrogens (tertiary/aromatic N) is 4. The van der Waals surface area contributed by atoms with Crippen LogP contribution in [0.5, 0.6) is 0 Å². The summed E-state index contributed by atoms with van der Waals surface area (Å²) in [6.07, 6.45) is 3.64. The molecule has 0 radical (unpaired) electrons. The maximum absolute atomic E-state index is 13.4. The van der Waals surface area contributed by atoms with Crippen molar-refractivity contribution >= 4 is 40.7 Å². The minimum Gasteiger partial charge on any atom is -0.379 e. The lowest BCUT2D eigenvalue weighted by Crippen LogP contribution is -2.43. The highest BCUT2D eigenvalue weighted by Crippen LogP contribution is 2.22. The Bertz CT molecular complexity index is 1080. The minimum absolute atomic E-state index is 0.0565. The molecule has 0 aliphatic carbocycles. The van der Waals surface area contributed by atoms with Crippen LogP contribution in [0.3, 0.4) is 0 Å². The lowest BCUT2D eigenvalue weighted by Gasteiger charge is -2.30. The Labute approximate surface area is 208 Å². The van der Waals surface area contributed by atoms with Gasteiger partial charge in [-0.25, -0.2) is 4.98 Å². The van der Waals surface area contributed by atoms with Crippen LogP contribution in [0.4, 0.5) is 0 Å². The number of benzene rings is 2. The Morgan fingerprint density at radius 2 is 1.76 bits per heavy atom. The van der Waals surface area contributed by atoms with Gasteiger partial charge in [0, 0.05) is 59.2 Å². The monoisotopic (exact) mass is 506 g/mol. The Morgan fingerprint density at radius 3 is 2.48 bits per heavy atom. The van der Waals surface area contributed by atoms with E-state index in [1.165, 1.54) is 0 Å². The van der Waals surface area contributed by atoms with E-state index in [0.29, 0.717) is 40.3 Å². The number of rotatable bonds is 8. The maximum atomic E-state index is 13.4. The van der Waals surface area contributed by atoms with Crippen LogP contribution in [0.2, 0.25) is 15.1 Å². The van der Waals surface area contributed by atoms with Crippen molar-refractivity contribution in [3.63, 3.8) is 0 Å². The number of morpholine rings is 1. The molecule has 0 N–H and O–H groups in total. The Morgan fingerprint density at radius 1 is 1.03 bits per heavy atom. The summed E-state index contributed by atoms with van der Waals surface area (Å²) >= 11 is 18.4. The van der Waals surface area contributed by atoms with Gasteiger partial charge >= 0.3 is 0 Å². The van der Waals surface area contributed by atoms with Crippen LogP contribution < -0.4 is 0 Å². The number of carbonyl (C=O) groups excluding carboxylic acids is 1. The number of imidazole rings is 1. The highest BCUT2D eigenvalue weighted by molar-refractivity contribution is 6.35. The quantitative estimate of drug-likeness (QED) is 0.437. The van der Waals surface area contributed by atoms with Crippen LogP contribution in [-0.2, 0) is 17.8 Å². The fraction of sp³-hybridized carbons (Fsp3) is 0.333. The summed E-state index contributed by atoms with van der Waals surface area (Å²) in [5.41, 5.74) is 1.53. The molecule has 1 fully saturated rings. The second-order valence-corrected chi connectivity index (χ2v) is 9.17. The molecule has 1 aliphatic heterocycles. The van der Waals surface area contributed by atoms with E-state index in [1.54, 1.807) is 36.5 Å². The van der Waals surface area contributed by atoms with Crippen LogP contribution in [0.1, 0.15) is 21.7 Å². The molecule has 1 saturated heterocycles. The van der Waals surface area contributed by atoms with Crippen molar-refractivity contribution in [2.24, 2.45) is 0 Å². The molecule has 0 bridgehead atoms. The molecule has 4 rings (SSSR count). The second-order valence-electron chi connectivity index (χ2n) is 7.89. The number of ether oxygens (including phenoxy) is 1. The number of hydrogen-bond acceptors (Lipinski definition) is 4. The summed E-state index contributed by atoms with van der Waals surface area (Å²) in [5.74, 6) is 0.726. The molecular weight excluding hydrogens is 483 g/mol. The van der Waals surface area contributed by atoms with E-state index in [0.717, 1.165) is 44.2 Å². The predicted molar refractivity (Wildman–Crippen MR) is 131 cm³/mol. The summed E-state index contributed by atoms with van der Waals surface area (Å²) < 4.78 is 7.45. The summed E-state index contributed by atoms with van der Waals surface area (Å²) in [6, 6.07) is 12.4. The Kier molecular flexibility index (Phi) is 8.28. The Hall–Kier alpha value is -2.09. The summed E-state index contributed by atoms with van der Waals surface area (Å²) in [6.45, 7) is 5.44. The van der Waals surface area contributed by atoms with Gasteiger partial charge in [-0.1, -0.05) is 40.9 Å². The van der Waals surface area contributed by atoms with Crippen molar-refractivity contribution < 1.29 is 9.53 Å². The van der Waals surface area contributed by atoms with Crippen molar-refractivity contribution in [1.29, 1.82) is 0 Å². The van der Waals surface area contributed by atoms with Gasteiger partial charge in [0.1, 0.15) is 5.82 Å². The maximum Gasteiger partial charge on any atom is 0.254 e. The average Bonchev–Trinajstić information content (AvgIpc) is 3.25. The molecular formula is C24H25Cl3N4O2. The molecule has 0 atom stereocenters. The van der Waals surface area contributed by atoms with E-state index in [4.69, 9.17) is 39.5 Å². The molecule has 2 aromatic carbocycles. The van der Waals surface area contributed by atoms with Gasteiger partial charge in [-0.3, -0.25) is 9.69 Å². The predicted octanol–water partition coefficient (Wildman–Crippen LogP) is 4.87. The normalized spacial score (nSPS) is 14.4. The summed E-state index contributed by atoms with van der Waals surface area (Å²) in [7, 11) is 0. The molecule has 1 aromatic heterocycles. The molecule has 6 nitrogen and oxygen atoms in total. The first-order valence-electron chi connectivity index (χ1n) is 10.8. The van der Waals surface area contributed by atoms with Gasteiger partial charge in [-0.05, 0) is 42.0 Å². The zero-order valence-corrected chi connectivity index (χ0v) is 20.4. The third kappa shape index (κ3) is 6.49. The summed E-state index contributed by atoms with van der Waals surface area (Å²) in [5, 5.41) is 1.79. The van der Waals surface area contributed by atoms with Gasteiger partial charge in [0.05, 0.1) is 26.3 Å². The van der Waals surface area contributed by atoms with Crippen molar-refractivity contribution in [3.8, 4) is 0 Å². The van der Waals surface area contributed by atoms with Gasteiger partial charge in [-0.2, -0.15) is 0 Å². The fourth-order valence-electron chi connectivity index (χ4n) is 3.75. The largest absolute Gasteiger partial charge is 0.379 e. The molecule has 0 spiro atoms. The number of carbonyl (C=O) groups is 1. The number of halogens is 3. The van der Waals surface area contributed by atoms with Crippen LogP contribution >= 0.6 is 34.8 Å². The van der Waals surface area contributed by atoms with Gasteiger partial charge in [0.25, 0.3) is 5.91 Å². The third-order valence-corrected chi connectivity index (χ3v) is 6.50. The van der Waals surface area contributed by atoms with E-state index in [-0.39, 0.29) is 5.91 Å². The van der Waals surface area contributed by atoms with E-state index in [9.17, 15) is 4.79 Å². The number of aromatic nitrogens is 2. The van der Waals surface area contributed by atoms with Gasteiger partial charge in [0.15, 0.2) is 0 Å². The van der Waals surface area contributed by atoms with E-state index in [2.05, 4.69) is 9.88 Å². The van der Waals surface area contributed by atoms with Crippen molar-refractivity contribution in [2.75, 3.05) is 39.4 Å². The highest BCUT2D eigenvalue weighted by Gasteiger charge is 2.20. The van der Waals surface area contributed by atoms with Gasteiger partial charge in [0.2, 0.25) is 0 Å². The van der Waals surface area contributed by atoms with Gasteiger partial charge < -0.3 is 14.2 Å². The van der Waals surface area contributed by atoms with Crippen molar-refractivity contribution in [3.05, 3.63) is 86.9 Å². The SMILES string of the molecule is O=C(c1ccc(Cl)cc1)N(CCN1CCOCC1)Cc1nccn1Cc1ccc(Cl)cc1Cl. The van der Waals surface area contributed by atoms with Crippen LogP contribution in [-0.4, -0.2) is 64.7 Å². The molecule has 33 heavy (non-hydrogen) atoms. The van der Waals surface area contributed by atoms with Crippen LogP contribution in [0.25, 0.3) is 0 Å². The third-order valence-electron chi connectivity index (χ3n) is 5.66. The standard InChI is InChI=1S/C24H25Cl3N4O2/c25-20-4-1-18(2-5-20)24(32)31(10-9-29-11-13-33-14-12-29)17-23-28-7-8-30(23)16-19-3-6-21(26)15-22(19)27/h1-8,15H,9-14,16-17H2. The highest BCUT2D eigenvalue weighted by atomic mass is 35.5. The first kappa shape index (κ1) is 24.0. The smallest absolute Gasteiger partial charge is 0.254 e. The number of hydrogen-bond donors (Lipinski definition) is 0. The zero-order valence-electron chi connectivity index (χ0n) is 18.1.